The lowest BCUT2D eigenvalue weighted by atomic mass is 9.79. The molecule has 1 aliphatic heterocycles. The van der Waals surface area contributed by atoms with Gasteiger partial charge in [-0.15, -0.1) is 0 Å². The highest BCUT2D eigenvalue weighted by Crippen LogP contribution is 2.56. The van der Waals surface area contributed by atoms with Crippen LogP contribution in [0.3, 0.4) is 0 Å². The summed E-state index contributed by atoms with van der Waals surface area (Å²) in [6.07, 6.45) is -13.0. The van der Waals surface area contributed by atoms with Crippen LogP contribution in [0.1, 0.15) is 55.5 Å². The molecule has 1 aromatic carbocycles. The summed E-state index contributed by atoms with van der Waals surface area (Å²) in [6.45, 7) is -0.170. The molecule has 1 saturated carbocycles. The summed E-state index contributed by atoms with van der Waals surface area (Å²) in [5.41, 5.74) is -8.65. The average molecular weight is 655 g/mol. The van der Waals surface area contributed by atoms with E-state index in [1.54, 1.807) is 0 Å². The van der Waals surface area contributed by atoms with Crippen molar-refractivity contribution in [2.24, 2.45) is 11.8 Å². The third-order valence-electron chi connectivity index (χ3n) is 9.15. The molecule has 44 heavy (non-hydrogen) atoms. The Hall–Kier alpha value is -3.30. The van der Waals surface area contributed by atoms with Gasteiger partial charge in [0.25, 0.3) is 0 Å². The maximum Gasteiger partial charge on any atom is 0.437 e. The summed E-state index contributed by atoms with van der Waals surface area (Å²) in [4.78, 5) is 29.3. The largest absolute Gasteiger partial charge is 0.481 e. The van der Waals surface area contributed by atoms with E-state index in [0.29, 0.717) is 6.07 Å². The van der Waals surface area contributed by atoms with Crippen LogP contribution in [0.25, 0.3) is 0 Å². The lowest BCUT2D eigenvalue weighted by molar-refractivity contribution is -0.350. The van der Waals surface area contributed by atoms with Crippen molar-refractivity contribution in [3.8, 4) is 0 Å². The topological polar surface area (TPSA) is 105 Å². The molecule has 16 heteroatoms. The molecule has 2 aromatic rings. The van der Waals surface area contributed by atoms with Gasteiger partial charge in [-0.2, -0.15) is 26.3 Å². The monoisotopic (exact) mass is 654 g/mol. The van der Waals surface area contributed by atoms with Crippen molar-refractivity contribution in [3.63, 3.8) is 0 Å². The second-order valence-corrected chi connectivity index (χ2v) is 13.6. The molecule has 1 saturated heterocycles. The van der Waals surface area contributed by atoms with Crippen LogP contribution in [0, 0.1) is 17.7 Å². The lowest BCUT2D eigenvalue weighted by Crippen LogP contribution is -2.54. The summed E-state index contributed by atoms with van der Waals surface area (Å²) in [7, 11) is -4.71. The van der Waals surface area contributed by atoms with Crippen LogP contribution in [0.2, 0.25) is 0 Å². The number of sulfone groups is 1. The first-order valence-electron chi connectivity index (χ1n) is 13.7. The van der Waals surface area contributed by atoms with Crippen LogP contribution in [-0.2, 0) is 36.3 Å². The maximum absolute atomic E-state index is 14.9. The van der Waals surface area contributed by atoms with Crippen LogP contribution >= 0.6 is 0 Å². The Balaban J connectivity index is 1.63. The summed E-state index contributed by atoms with van der Waals surface area (Å²) < 4.78 is 137. The zero-order chi connectivity index (χ0) is 32.5. The molecule has 3 aliphatic rings. The fourth-order valence-corrected chi connectivity index (χ4v) is 9.33. The predicted molar refractivity (Wildman–Crippen MR) is 136 cm³/mol. The van der Waals surface area contributed by atoms with Gasteiger partial charge in [-0.1, -0.05) is 12.1 Å². The zero-order valence-electron chi connectivity index (χ0n) is 22.8. The number of carboxylic acids is 1. The van der Waals surface area contributed by atoms with Gasteiger partial charge in [0, 0.05) is 18.2 Å². The average Bonchev–Trinajstić information content (AvgIpc) is 3.36. The van der Waals surface area contributed by atoms with Gasteiger partial charge in [-0.25, -0.2) is 17.2 Å². The van der Waals surface area contributed by atoms with Crippen LogP contribution in [0.4, 0.5) is 35.1 Å². The van der Waals surface area contributed by atoms with Crippen LogP contribution in [0.15, 0.2) is 41.3 Å². The number of fused-ring (bicyclic) bond motifs is 3. The van der Waals surface area contributed by atoms with Crippen molar-refractivity contribution in [1.29, 1.82) is 0 Å². The Bertz CT molecular complexity index is 1570. The first kappa shape index (κ1) is 32.1. The molecule has 2 fully saturated rings. The highest BCUT2D eigenvalue weighted by atomic mass is 32.2. The lowest BCUT2D eigenvalue weighted by Gasteiger charge is -2.43. The predicted octanol–water partition coefficient (Wildman–Crippen LogP) is 5.62. The minimum absolute atomic E-state index is 0.155. The van der Waals surface area contributed by atoms with Crippen LogP contribution in [-0.4, -0.2) is 60.2 Å². The van der Waals surface area contributed by atoms with Gasteiger partial charge in [0.05, 0.1) is 22.5 Å². The number of halogens is 8. The van der Waals surface area contributed by atoms with Gasteiger partial charge in [-0.05, 0) is 74.8 Å². The third-order valence-corrected chi connectivity index (χ3v) is 11.7. The van der Waals surface area contributed by atoms with Crippen LogP contribution < -0.4 is 0 Å². The first-order chi connectivity index (χ1) is 20.4. The number of carbonyl (C=O) groups is 2. The number of hydrogen-bond donors (Lipinski definition) is 1. The van der Waals surface area contributed by atoms with E-state index in [4.69, 9.17) is 0 Å². The minimum atomic E-state index is -6.44. The second kappa shape index (κ2) is 10.7. The molecule has 240 valence electrons. The van der Waals surface area contributed by atoms with E-state index in [9.17, 15) is 58.2 Å². The number of benzene rings is 1. The Morgan fingerprint density at radius 2 is 1.52 bits per heavy atom. The number of pyridine rings is 1. The van der Waals surface area contributed by atoms with E-state index < -0.39 is 84.5 Å². The first-order valence-corrected chi connectivity index (χ1v) is 15.2. The van der Waals surface area contributed by atoms with Crippen molar-refractivity contribution >= 4 is 21.7 Å². The fraction of sp³-hybridized carbons (Fsp3) is 0.536. The molecule has 2 aliphatic carbocycles. The fourth-order valence-electron chi connectivity index (χ4n) is 6.95. The van der Waals surface area contributed by atoms with E-state index in [1.165, 1.54) is 4.90 Å². The molecule has 5 rings (SSSR count). The van der Waals surface area contributed by atoms with Crippen LogP contribution in [0.5, 0.6) is 0 Å². The number of carbonyl (C=O) groups excluding carboxylic acids is 1. The number of alkyl halides is 7. The highest BCUT2D eigenvalue weighted by Gasteiger charge is 2.75. The number of hydrogen-bond acceptors (Lipinski definition) is 5. The summed E-state index contributed by atoms with van der Waals surface area (Å²) in [5.74, 6) is -3.66. The molecule has 0 radical (unpaired) electrons. The van der Waals surface area contributed by atoms with E-state index in [0.717, 1.165) is 24.3 Å². The maximum atomic E-state index is 14.9. The number of likely N-dealkylation sites (tertiary alicyclic amines) is 1. The summed E-state index contributed by atoms with van der Waals surface area (Å²) in [6, 6.07) is 3.56. The van der Waals surface area contributed by atoms with Gasteiger partial charge in [0.15, 0.2) is 9.84 Å². The molecule has 1 aromatic heterocycles. The Labute approximate surface area is 246 Å². The molecule has 2 unspecified atom stereocenters. The molecule has 1 N–H and O–H groups in total. The van der Waals surface area contributed by atoms with Gasteiger partial charge in [0.1, 0.15) is 10.6 Å². The van der Waals surface area contributed by atoms with Crippen molar-refractivity contribution in [2.75, 3.05) is 6.54 Å². The van der Waals surface area contributed by atoms with Gasteiger partial charge >= 0.3 is 24.0 Å². The Morgan fingerprint density at radius 1 is 0.909 bits per heavy atom. The number of aromatic nitrogens is 1. The molecule has 0 bridgehead atoms. The van der Waals surface area contributed by atoms with E-state index in [1.807, 2.05) is 0 Å². The Morgan fingerprint density at radius 3 is 2.09 bits per heavy atom. The van der Waals surface area contributed by atoms with Crippen molar-refractivity contribution < 1.29 is 58.2 Å². The Kier molecular flexibility index (Phi) is 7.77. The normalized spacial score (nSPS) is 26.2. The molecular weight excluding hydrogens is 628 g/mol. The molecule has 2 heterocycles. The SMILES string of the molecule is O=C(O)[C@H]1CC[C@H](C(=O)N2CCC3(S(=O)(=O)c4cccc(F)c4)c4ccc(C(F)(C(F)(F)F)C(F)(F)F)nc4CCC23)CC1. The number of rotatable bonds is 5. The summed E-state index contributed by atoms with van der Waals surface area (Å²) >= 11 is 0. The molecular formula is C28H26F8N2O5S. The molecule has 7 nitrogen and oxygen atoms in total. The number of aryl methyl sites for hydroxylation is 1. The van der Waals surface area contributed by atoms with E-state index >= 15 is 0 Å². The third kappa shape index (κ3) is 4.74. The highest BCUT2D eigenvalue weighted by molar-refractivity contribution is 7.92. The van der Waals surface area contributed by atoms with E-state index in [-0.39, 0.29) is 63.1 Å². The molecule has 0 spiro atoms. The van der Waals surface area contributed by atoms with Gasteiger partial charge < -0.3 is 10.0 Å². The molecule has 2 atom stereocenters. The smallest absolute Gasteiger partial charge is 0.437 e. The molecule has 1 amide bonds. The van der Waals surface area contributed by atoms with Gasteiger partial charge in [0.2, 0.25) is 5.91 Å². The summed E-state index contributed by atoms with van der Waals surface area (Å²) in [5, 5.41) is 9.29. The van der Waals surface area contributed by atoms with Crippen molar-refractivity contribution in [3.05, 3.63) is 59.2 Å². The zero-order valence-corrected chi connectivity index (χ0v) is 23.6. The number of carboxylic acid groups (broad SMARTS) is 1. The van der Waals surface area contributed by atoms with Crippen molar-refractivity contribution in [2.45, 2.75) is 78.7 Å². The number of nitrogens with zero attached hydrogens (tertiary/aromatic N) is 2. The minimum Gasteiger partial charge on any atom is -0.481 e. The number of amides is 1. The quantitative estimate of drug-likeness (QED) is 0.420. The van der Waals surface area contributed by atoms with Crippen molar-refractivity contribution in [1.82, 2.24) is 9.88 Å². The van der Waals surface area contributed by atoms with E-state index in [2.05, 4.69) is 4.98 Å². The number of aliphatic carboxylic acids is 1. The second-order valence-electron chi connectivity index (χ2n) is 11.4. The van der Waals surface area contributed by atoms with Gasteiger partial charge in [-0.3, -0.25) is 14.6 Å². The standard InChI is InChI=1S/C28H26F8N2O5S/c29-17-2-1-3-18(14-17)44(42,43)25-12-13-38(23(39)15-4-6-16(7-5-15)24(40)41)22(25)11-9-20-19(25)8-10-21(37-20)26(30,27(31,32)33)28(34,35)36/h1-3,8,10,14-16,22H,4-7,9,11-13H2,(H,40,41)/t15-,16-,22?,25?.